The Labute approximate surface area is 204 Å². The van der Waals surface area contributed by atoms with E-state index in [0.717, 1.165) is 0 Å². The van der Waals surface area contributed by atoms with Crippen LogP contribution in [0.2, 0.25) is 0 Å². The van der Waals surface area contributed by atoms with Gasteiger partial charge in [-0.15, -0.1) is 0 Å². The van der Waals surface area contributed by atoms with Crippen LogP contribution in [0.3, 0.4) is 0 Å². The number of benzene rings is 3. The lowest BCUT2D eigenvalue weighted by molar-refractivity contribution is -0.126. The lowest BCUT2D eigenvalue weighted by Crippen LogP contribution is -2.24. The van der Waals surface area contributed by atoms with Gasteiger partial charge < -0.3 is 20.9 Å². The topological polar surface area (TPSA) is 163 Å². The fourth-order valence-corrected chi connectivity index (χ4v) is 3.85. The zero-order valence-electron chi connectivity index (χ0n) is 18.5. The van der Waals surface area contributed by atoms with Crippen LogP contribution >= 0.6 is 0 Å². The Kier molecular flexibility index (Phi) is 5.46. The van der Waals surface area contributed by atoms with E-state index >= 15 is 0 Å². The number of hydrogen-bond acceptors (Lipinski definition) is 8. The summed E-state index contributed by atoms with van der Waals surface area (Å²) in [4.78, 5) is 51.0. The molecule has 10 nitrogen and oxygen atoms in total. The van der Waals surface area contributed by atoms with Gasteiger partial charge in [0.25, 0.3) is 23.6 Å². The summed E-state index contributed by atoms with van der Waals surface area (Å²) in [5.74, 6) is -3.29. The van der Waals surface area contributed by atoms with E-state index in [1.165, 1.54) is 12.1 Å². The van der Waals surface area contributed by atoms with Gasteiger partial charge in [0, 0.05) is 0 Å². The number of nitrogen functional groups attached to an aromatic ring is 2. The molecule has 0 spiro atoms. The van der Waals surface area contributed by atoms with Gasteiger partial charge in [-0.1, -0.05) is 48.5 Å². The highest BCUT2D eigenvalue weighted by Crippen LogP contribution is 2.36. The molecule has 0 saturated carbocycles. The molecule has 2 heterocycles. The number of nitrogens with two attached hydrogens (primary N) is 2. The van der Waals surface area contributed by atoms with Crippen molar-refractivity contribution in [3.8, 4) is 11.5 Å². The van der Waals surface area contributed by atoms with Gasteiger partial charge in [-0.05, 0) is 35.4 Å². The Bertz CT molecular complexity index is 1420. The monoisotopic (exact) mass is 482 g/mol. The Hall–Kier alpha value is -5.38. The highest BCUT2D eigenvalue weighted by atomic mass is 16.5. The van der Waals surface area contributed by atoms with Gasteiger partial charge in [0.1, 0.15) is 0 Å². The molecule has 3 aromatic carbocycles. The first kappa shape index (κ1) is 22.4. The molecule has 2 aliphatic heterocycles. The van der Waals surface area contributed by atoms with Crippen LogP contribution in [0.5, 0.6) is 11.5 Å². The van der Waals surface area contributed by atoms with Crippen molar-refractivity contribution < 1.29 is 28.7 Å². The highest BCUT2D eigenvalue weighted by molar-refractivity contribution is 6.39. The molecular formula is C26H18N4O6. The van der Waals surface area contributed by atoms with Crippen molar-refractivity contribution in [2.75, 3.05) is 11.5 Å². The lowest BCUT2D eigenvalue weighted by atomic mass is 9.93. The standard InChI is InChI=1S/C26H18N4O6/c27-15-9-3-5-11-17(15)35-21-19(23(31)29-25(21)33)13-7-1-2-8-14(13)20-22(26(34)30-24(20)32)36-18-12-6-4-10-16(18)28/h1-12H,27-28H2,(H,29,31,33)(H,30,32,34). The minimum atomic E-state index is -0.775. The summed E-state index contributed by atoms with van der Waals surface area (Å²) >= 11 is 0. The van der Waals surface area contributed by atoms with Crippen LogP contribution in [0.4, 0.5) is 11.4 Å². The van der Waals surface area contributed by atoms with Crippen molar-refractivity contribution >= 4 is 46.1 Å². The van der Waals surface area contributed by atoms with Crippen LogP contribution < -0.4 is 31.6 Å². The van der Waals surface area contributed by atoms with Crippen LogP contribution in [0, 0.1) is 0 Å². The largest absolute Gasteiger partial charge is 0.449 e. The summed E-state index contributed by atoms with van der Waals surface area (Å²) in [7, 11) is 0. The molecule has 0 saturated heterocycles. The summed E-state index contributed by atoms with van der Waals surface area (Å²) in [6, 6.07) is 19.2. The van der Waals surface area contributed by atoms with E-state index in [4.69, 9.17) is 20.9 Å². The lowest BCUT2D eigenvalue weighted by Gasteiger charge is -2.13. The molecule has 0 atom stereocenters. The highest BCUT2D eigenvalue weighted by Gasteiger charge is 2.39. The van der Waals surface area contributed by atoms with E-state index < -0.39 is 23.6 Å². The number of anilines is 2. The van der Waals surface area contributed by atoms with Gasteiger partial charge >= 0.3 is 0 Å². The summed E-state index contributed by atoms with van der Waals surface area (Å²) in [6.07, 6.45) is 0. The number of carbonyl (C=O) groups is 4. The molecule has 36 heavy (non-hydrogen) atoms. The number of para-hydroxylation sites is 4. The fourth-order valence-electron chi connectivity index (χ4n) is 3.85. The number of rotatable bonds is 6. The zero-order chi connectivity index (χ0) is 25.4. The number of imide groups is 2. The normalized spacial score (nSPS) is 15.3. The third kappa shape index (κ3) is 3.82. The molecule has 3 aromatic rings. The molecule has 0 unspecified atom stereocenters. The van der Waals surface area contributed by atoms with E-state index in [0.29, 0.717) is 0 Å². The van der Waals surface area contributed by atoms with E-state index in [1.54, 1.807) is 60.7 Å². The van der Waals surface area contributed by atoms with Crippen molar-refractivity contribution in [2.45, 2.75) is 0 Å². The molecule has 10 heteroatoms. The number of nitrogens with one attached hydrogen (secondary N) is 2. The molecule has 178 valence electrons. The molecule has 2 aliphatic rings. The quantitative estimate of drug-likeness (QED) is 0.305. The Morgan fingerprint density at radius 1 is 0.500 bits per heavy atom. The van der Waals surface area contributed by atoms with Crippen LogP contribution in [0.25, 0.3) is 11.1 Å². The molecule has 0 bridgehead atoms. The van der Waals surface area contributed by atoms with Crippen LogP contribution in [-0.4, -0.2) is 23.6 Å². The summed E-state index contributed by atoms with van der Waals surface area (Å²) in [5.41, 5.74) is 12.5. The first-order chi connectivity index (χ1) is 17.3. The molecule has 5 rings (SSSR count). The summed E-state index contributed by atoms with van der Waals surface area (Å²) < 4.78 is 11.5. The predicted octanol–water partition coefficient (Wildman–Crippen LogP) is 1.74. The van der Waals surface area contributed by atoms with E-state index in [1.807, 2.05) is 0 Å². The summed E-state index contributed by atoms with van der Waals surface area (Å²) in [6.45, 7) is 0. The average Bonchev–Trinajstić information content (AvgIpc) is 3.29. The minimum Gasteiger partial charge on any atom is -0.449 e. The maximum absolute atomic E-state index is 12.9. The van der Waals surface area contributed by atoms with Crippen LogP contribution in [-0.2, 0) is 19.2 Å². The third-order valence-electron chi connectivity index (χ3n) is 5.50. The number of amides is 4. The molecule has 0 radical (unpaired) electrons. The van der Waals surface area contributed by atoms with Gasteiger partial charge in [0.2, 0.25) is 11.5 Å². The molecule has 4 amide bonds. The first-order valence-corrected chi connectivity index (χ1v) is 10.7. The Morgan fingerprint density at radius 2 is 0.861 bits per heavy atom. The van der Waals surface area contributed by atoms with Crippen molar-refractivity contribution in [3.05, 3.63) is 95.4 Å². The maximum atomic E-state index is 12.9. The van der Waals surface area contributed by atoms with Crippen LogP contribution in [0.1, 0.15) is 11.1 Å². The molecule has 0 aliphatic carbocycles. The zero-order valence-corrected chi connectivity index (χ0v) is 18.5. The fraction of sp³-hybridized carbons (Fsp3) is 0. The number of carbonyl (C=O) groups excluding carboxylic acids is 4. The van der Waals surface area contributed by atoms with Crippen molar-refractivity contribution in [1.29, 1.82) is 0 Å². The first-order valence-electron chi connectivity index (χ1n) is 10.7. The van der Waals surface area contributed by atoms with Crippen LogP contribution in [0.15, 0.2) is 84.3 Å². The van der Waals surface area contributed by atoms with E-state index in [2.05, 4.69) is 10.6 Å². The van der Waals surface area contributed by atoms with Crippen molar-refractivity contribution in [1.82, 2.24) is 10.6 Å². The SMILES string of the molecule is Nc1ccccc1OC1=C(c2ccccc2C2=C(Oc3ccccc3N)C(=O)NC2=O)C(=O)NC1=O. The third-order valence-corrected chi connectivity index (χ3v) is 5.50. The van der Waals surface area contributed by atoms with Gasteiger partial charge in [-0.3, -0.25) is 29.8 Å². The van der Waals surface area contributed by atoms with Crippen molar-refractivity contribution in [2.24, 2.45) is 0 Å². The minimum absolute atomic E-state index is 0.128. The van der Waals surface area contributed by atoms with E-state index in [9.17, 15) is 19.2 Å². The second kappa shape index (κ2) is 8.76. The van der Waals surface area contributed by atoms with Gasteiger partial charge in [-0.2, -0.15) is 0 Å². The Morgan fingerprint density at radius 3 is 1.25 bits per heavy atom. The van der Waals surface area contributed by atoms with Crippen molar-refractivity contribution in [3.63, 3.8) is 0 Å². The Balaban J connectivity index is 1.68. The average molecular weight is 482 g/mol. The summed E-state index contributed by atoms with van der Waals surface area (Å²) in [5, 5.41) is 4.40. The second-order valence-electron chi connectivity index (χ2n) is 7.80. The predicted molar refractivity (Wildman–Crippen MR) is 130 cm³/mol. The van der Waals surface area contributed by atoms with Gasteiger partial charge in [0.05, 0.1) is 22.5 Å². The van der Waals surface area contributed by atoms with Gasteiger partial charge in [-0.25, -0.2) is 0 Å². The maximum Gasteiger partial charge on any atom is 0.294 e. The molecule has 0 fully saturated rings. The molecule has 0 aromatic heterocycles. The second-order valence-corrected chi connectivity index (χ2v) is 7.80. The molecule has 6 N–H and O–H groups in total. The number of hydrogen-bond donors (Lipinski definition) is 4. The van der Waals surface area contributed by atoms with E-state index in [-0.39, 0.29) is 56.7 Å². The number of ether oxygens (including phenoxy) is 2. The molecular weight excluding hydrogens is 464 g/mol. The smallest absolute Gasteiger partial charge is 0.294 e. The van der Waals surface area contributed by atoms with Gasteiger partial charge in [0.15, 0.2) is 11.5 Å².